The summed E-state index contributed by atoms with van der Waals surface area (Å²) in [6, 6.07) is 4.32. The maximum absolute atomic E-state index is 5.90. The number of hydrogen-bond donors (Lipinski definition) is 2. The molecule has 0 aliphatic heterocycles. The number of aromatic nitrogens is 2. The van der Waals surface area contributed by atoms with Crippen molar-refractivity contribution in [3.8, 4) is 0 Å². The number of nitrogens with two attached hydrogens (primary N) is 2. The molecule has 0 unspecified atom stereocenters. The first-order chi connectivity index (χ1) is 9.38. The SMILES string of the molecule is Cc1cc(C(C)C)c(Sc2cnc(N)nc2N)cc1Br. The number of nitrogen functional groups attached to an aromatic ring is 2. The minimum absolute atomic E-state index is 0.195. The quantitative estimate of drug-likeness (QED) is 0.872. The third-order valence-corrected chi connectivity index (χ3v) is 4.90. The van der Waals surface area contributed by atoms with Gasteiger partial charge in [-0.3, -0.25) is 0 Å². The molecular weight excluding hydrogens is 336 g/mol. The van der Waals surface area contributed by atoms with Gasteiger partial charge in [0, 0.05) is 15.6 Å². The van der Waals surface area contributed by atoms with Gasteiger partial charge in [0.25, 0.3) is 0 Å². The molecule has 0 atom stereocenters. The van der Waals surface area contributed by atoms with E-state index in [9.17, 15) is 0 Å². The Morgan fingerprint density at radius 1 is 1.20 bits per heavy atom. The summed E-state index contributed by atoms with van der Waals surface area (Å²) in [5.74, 6) is 1.04. The Hall–Kier alpha value is -1.27. The van der Waals surface area contributed by atoms with Gasteiger partial charge in [-0.25, -0.2) is 4.98 Å². The number of halogens is 1. The molecule has 4 N–H and O–H groups in total. The van der Waals surface area contributed by atoms with Crippen LogP contribution in [-0.4, -0.2) is 9.97 Å². The van der Waals surface area contributed by atoms with Crippen molar-refractivity contribution >= 4 is 39.5 Å². The average Bonchev–Trinajstić information content (AvgIpc) is 2.36. The molecule has 0 aliphatic rings. The summed E-state index contributed by atoms with van der Waals surface area (Å²) in [4.78, 5) is 9.97. The van der Waals surface area contributed by atoms with Crippen molar-refractivity contribution < 1.29 is 0 Å². The van der Waals surface area contributed by atoms with Gasteiger partial charge in [-0.1, -0.05) is 47.6 Å². The highest BCUT2D eigenvalue weighted by atomic mass is 79.9. The maximum Gasteiger partial charge on any atom is 0.221 e. The van der Waals surface area contributed by atoms with Crippen molar-refractivity contribution in [2.75, 3.05) is 11.5 Å². The molecule has 0 fully saturated rings. The monoisotopic (exact) mass is 352 g/mol. The number of nitrogens with zero attached hydrogens (tertiary/aromatic N) is 2. The number of anilines is 2. The van der Waals surface area contributed by atoms with Crippen molar-refractivity contribution in [1.82, 2.24) is 9.97 Å². The van der Waals surface area contributed by atoms with Gasteiger partial charge in [0.05, 0.1) is 4.90 Å². The van der Waals surface area contributed by atoms with Crippen LogP contribution in [-0.2, 0) is 0 Å². The van der Waals surface area contributed by atoms with Crippen LogP contribution in [0.4, 0.5) is 11.8 Å². The molecule has 20 heavy (non-hydrogen) atoms. The summed E-state index contributed by atoms with van der Waals surface area (Å²) in [5, 5.41) is 0. The molecule has 2 aromatic rings. The van der Waals surface area contributed by atoms with E-state index >= 15 is 0 Å². The van der Waals surface area contributed by atoms with Crippen molar-refractivity contribution in [2.45, 2.75) is 36.5 Å². The summed E-state index contributed by atoms with van der Waals surface area (Å²) < 4.78 is 1.08. The van der Waals surface area contributed by atoms with Crippen molar-refractivity contribution in [3.63, 3.8) is 0 Å². The zero-order valence-electron chi connectivity index (χ0n) is 11.6. The second kappa shape index (κ2) is 6.01. The Labute approximate surface area is 131 Å². The highest BCUT2D eigenvalue weighted by Gasteiger charge is 2.13. The van der Waals surface area contributed by atoms with Crippen LogP contribution in [0.1, 0.15) is 30.9 Å². The minimum atomic E-state index is 0.195. The first-order valence-electron chi connectivity index (χ1n) is 6.24. The molecule has 0 spiro atoms. The largest absolute Gasteiger partial charge is 0.383 e. The highest BCUT2D eigenvalue weighted by Crippen LogP contribution is 2.38. The van der Waals surface area contributed by atoms with Crippen molar-refractivity contribution in [3.05, 3.63) is 33.9 Å². The van der Waals surface area contributed by atoms with Crippen molar-refractivity contribution in [1.29, 1.82) is 0 Å². The molecule has 106 valence electrons. The topological polar surface area (TPSA) is 77.8 Å². The Morgan fingerprint density at radius 2 is 1.90 bits per heavy atom. The predicted molar refractivity (Wildman–Crippen MR) is 87.9 cm³/mol. The molecule has 1 heterocycles. The summed E-state index contributed by atoms with van der Waals surface area (Å²) in [6.07, 6.45) is 1.67. The zero-order chi connectivity index (χ0) is 14.9. The number of rotatable bonds is 3. The van der Waals surface area contributed by atoms with E-state index in [0.29, 0.717) is 11.7 Å². The lowest BCUT2D eigenvalue weighted by molar-refractivity contribution is 0.839. The van der Waals surface area contributed by atoms with Crippen LogP contribution in [0.15, 0.2) is 32.6 Å². The summed E-state index contributed by atoms with van der Waals surface area (Å²) >= 11 is 5.14. The van der Waals surface area contributed by atoms with Crippen LogP contribution in [0.25, 0.3) is 0 Å². The lowest BCUT2D eigenvalue weighted by atomic mass is 10.0. The van der Waals surface area contributed by atoms with Gasteiger partial charge < -0.3 is 11.5 Å². The molecule has 0 amide bonds. The second-order valence-corrected chi connectivity index (χ2v) is 6.81. The second-order valence-electron chi connectivity index (χ2n) is 4.87. The molecule has 1 aromatic heterocycles. The molecule has 1 aromatic carbocycles. The molecule has 0 saturated heterocycles. The molecule has 0 saturated carbocycles. The lowest BCUT2D eigenvalue weighted by Crippen LogP contribution is -2.01. The maximum atomic E-state index is 5.90. The molecule has 0 bridgehead atoms. The fourth-order valence-electron chi connectivity index (χ4n) is 1.82. The average molecular weight is 353 g/mol. The van der Waals surface area contributed by atoms with Crippen LogP contribution in [0, 0.1) is 6.92 Å². The van der Waals surface area contributed by atoms with Gasteiger partial charge in [0.1, 0.15) is 5.82 Å². The smallest absolute Gasteiger partial charge is 0.221 e. The van der Waals surface area contributed by atoms with Crippen LogP contribution >= 0.6 is 27.7 Å². The van der Waals surface area contributed by atoms with Gasteiger partial charge in [-0.15, -0.1) is 0 Å². The molecule has 0 radical (unpaired) electrons. The first-order valence-corrected chi connectivity index (χ1v) is 7.85. The Kier molecular flexibility index (Phi) is 4.55. The fourth-order valence-corrected chi connectivity index (χ4v) is 3.40. The third kappa shape index (κ3) is 3.24. The Bertz CT molecular complexity index is 643. The number of hydrogen-bond acceptors (Lipinski definition) is 5. The van der Waals surface area contributed by atoms with Gasteiger partial charge in [-0.05, 0) is 30.0 Å². The van der Waals surface area contributed by atoms with E-state index in [1.165, 1.54) is 11.1 Å². The van der Waals surface area contributed by atoms with E-state index in [0.717, 1.165) is 14.3 Å². The van der Waals surface area contributed by atoms with Gasteiger partial charge in [0.15, 0.2) is 0 Å². The van der Waals surface area contributed by atoms with E-state index in [1.807, 2.05) is 0 Å². The number of aryl methyl sites for hydroxylation is 1. The van der Waals surface area contributed by atoms with E-state index in [2.05, 4.69) is 58.8 Å². The lowest BCUT2D eigenvalue weighted by Gasteiger charge is -2.15. The third-order valence-electron chi connectivity index (χ3n) is 2.93. The van der Waals surface area contributed by atoms with Crippen LogP contribution < -0.4 is 11.5 Å². The van der Waals surface area contributed by atoms with Gasteiger partial charge in [-0.2, -0.15) is 4.98 Å². The van der Waals surface area contributed by atoms with E-state index in [4.69, 9.17) is 11.5 Å². The van der Waals surface area contributed by atoms with E-state index in [1.54, 1.807) is 18.0 Å². The van der Waals surface area contributed by atoms with E-state index < -0.39 is 0 Å². The molecule has 0 aliphatic carbocycles. The fraction of sp³-hybridized carbons (Fsp3) is 0.286. The van der Waals surface area contributed by atoms with Gasteiger partial charge >= 0.3 is 0 Å². The first kappa shape index (κ1) is 15.1. The Balaban J connectivity index is 2.44. The van der Waals surface area contributed by atoms with Crippen LogP contribution in [0.2, 0.25) is 0 Å². The summed E-state index contributed by atoms with van der Waals surface area (Å²) in [6.45, 7) is 6.44. The molecular formula is C14H17BrN4S. The predicted octanol–water partition coefficient (Wildman–Crippen LogP) is 3.99. The van der Waals surface area contributed by atoms with Crippen molar-refractivity contribution in [2.24, 2.45) is 0 Å². The van der Waals surface area contributed by atoms with E-state index in [-0.39, 0.29) is 5.95 Å². The van der Waals surface area contributed by atoms with Crippen LogP contribution in [0.3, 0.4) is 0 Å². The van der Waals surface area contributed by atoms with Crippen LogP contribution in [0.5, 0.6) is 0 Å². The minimum Gasteiger partial charge on any atom is -0.383 e. The molecule has 4 nitrogen and oxygen atoms in total. The normalized spacial score (nSPS) is 11.1. The Morgan fingerprint density at radius 3 is 2.50 bits per heavy atom. The molecule has 2 rings (SSSR count). The summed E-state index contributed by atoms with van der Waals surface area (Å²) in [7, 11) is 0. The summed E-state index contributed by atoms with van der Waals surface area (Å²) in [5.41, 5.74) is 13.9. The number of benzene rings is 1. The van der Waals surface area contributed by atoms with Gasteiger partial charge in [0.2, 0.25) is 5.95 Å². The molecule has 6 heteroatoms. The zero-order valence-corrected chi connectivity index (χ0v) is 14.0. The highest BCUT2D eigenvalue weighted by molar-refractivity contribution is 9.10. The standard InChI is InChI=1S/C14H17BrN4S/c1-7(2)9-4-8(3)10(15)5-11(9)20-12-6-18-14(17)19-13(12)16/h4-7H,1-3H3,(H4,16,17,18,19).